The molecule has 1 heterocycles. The number of carbonyl (C=O) groups excluding carboxylic acids is 1. The van der Waals surface area contributed by atoms with Crippen molar-refractivity contribution in [3.05, 3.63) is 44.1 Å². The molecule has 1 atom stereocenters. The zero-order valence-corrected chi connectivity index (χ0v) is 15.5. The molecule has 10 heteroatoms. The van der Waals surface area contributed by atoms with Crippen LogP contribution in [0.2, 0.25) is 10.0 Å². The molecule has 4 nitrogen and oxygen atoms in total. The summed E-state index contributed by atoms with van der Waals surface area (Å²) in [6.45, 7) is 2.85. The van der Waals surface area contributed by atoms with Crippen LogP contribution in [0.15, 0.2) is 22.7 Å². The van der Waals surface area contributed by atoms with Crippen LogP contribution in [-0.2, 0) is 11.0 Å². The lowest BCUT2D eigenvalue weighted by molar-refractivity contribution is -0.142. The van der Waals surface area contributed by atoms with Crippen LogP contribution < -0.4 is 5.32 Å². The molecule has 1 aromatic carbocycles. The van der Waals surface area contributed by atoms with Gasteiger partial charge in [-0.15, -0.1) is 0 Å². The van der Waals surface area contributed by atoms with Crippen LogP contribution in [0, 0.1) is 6.92 Å². The lowest BCUT2D eigenvalue weighted by Crippen LogP contribution is -2.26. The first kappa shape index (κ1) is 19.1. The summed E-state index contributed by atoms with van der Waals surface area (Å²) in [6, 6.07) is 3.66. The molecule has 1 unspecified atom stereocenters. The van der Waals surface area contributed by atoms with Gasteiger partial charge >= 0.3 is 6.18 Å². The van der Waals surface area contributed by atoms with Crippen molar-refractivity contribution >= 4 is 50.7 Å². The highest BCUT2D eigenvalue weighted by Gasteiger charge is 2.39. The molecule has 24 heavy (non-hydrogen) atoms. The number of hydrogen-bond acceptors (Lipinski definition) is 2. The summed E-state index contributed by atoms with van der Waals surface area (Å²) in [7, 11) is 0. The number of benzene rings is 1. The Kier molecular flexibility index (Phi) is 5.51. The number of nitrogens with one attached hydrogen (secondary N) is 1. The third-order valence-corrected chi connectivity index (χ3v) is 4.88. The Balaban J connectivity index is 2.32. The first-order valence-electron chi connectivity index (χ1n) is 6.60. The molecule has 1 aromatic heterocycles. The third-order valence-electron chi connectivity index (χ3n) is 3.30. The fraction of sp³-hybridized carbons (Fsp3) is 0.286. The van der Waals surface area contributed by atoms with Gasteiger partial charge in [0.15, 0.2) is 5.69 Å². The number of rotatable bonds is 3. The molecule has 0 radical (unpaired) electrons. The lowest BCUT2D eigenvalue weighted by Gasteiger charge is -2.16. The fourth-order valence-electron chi connectivity index (χ4n) is 2.01. The quantitative estimate of drug-likeness (QED) is 0.681. The zero-order valence-electron chi connectivity index (χ0n) is 12.4. The number of amides is 1. The molecule has 2 rings (SSSR count). The van der Waals surface area contributed by atoms with Gasteiger partial charge in [0.25, 0.3) is 0 Å². The van der Waals surface area contributed by atoms with E-state index in [1.165, 1.54) is 26.0 Å². The molecule has 0 saturated heterocycles. The summed E-state index contributed by atoms with van der Waals surface area (Å²) in [6.07, 6.45) is -4.63. The molecule has 0 aliphatic rings. The Bertz CT molecular complexity index is 772. The van der Waals surface area contributed by atoms with Gasteiger partial charge in [0.1, 0.15) is 6.04 Å². The van der Waals surface area contributed by atoms with E-state index in [1.54, 1.807) is 6.07 Å². The molecule has 1 amide bonds. The van der Waals surface area contributed by atoms with Crippen molar-refractivity contribution in [2.45, 2.75) is 26.1 Å². The SMILES string of the molecule is Cc1c(Br)c(C(F)(F)F)nn1C(C)C(=O)Nc1c(Cl)cccc1Cl. The molecule has 0 spiro atoms. The highest BCUT2D eigenvalue weighted by Crippen LogP contribution is 2.37. The van der Waals surface area contributed by atoms with Gasteiger partial charge in [0.2, 0.25) is 5.91 Å². The number of alkyl halides is 3. The van der Waals surface area contributed by atoms with Crippen molar-refractivity contribution in [1.29, 1.82) is 0 Å². The molecular weight excluding hydrogens is 434 g/mol. The molecular formula is C14H11BrCl2F3N3O. The standard InChI is InChI=1S/C14H11BrCl2F3N3O/c1-6-10(15)12(14(18,19)20)22-23(6)7(2)13(24)21-11-8(16)4-3-5-9(11)17/h3-5,7H,1-2H3,(H,21,24). The Hall–Kier alpha value is -1.25. The second kappa shape index (κ2) is 6.93. The summed E-state index contributed by atoms with van der Waals surface area (Å²) in [5.41, 5.74) is -0.719. The van der Waals surface area contributed by atoms with E-state index in [2.05, 4.69) is 26.3 Å². The first-order chi connectivity index (χ1) is 11.0. The Morgan fingerprint density at radius 3 is 2.33 bits per heavy atom. The van der Waals surface area contributed by atoms with E-state index in [9.17, 15) is 18.0 Å². The van der Waals surface area contributed by atoms with Crippen LogP contribution in [0.3, 0.4) is 0 Å². The van der Waals surface area contributed by atoms with Crippen LogP contribution in [0.5, 0.6) is 0 Å². The number of nitrogens with zero attached hydrogens (tertiary/aromatic N) is 2. The van der Waals surface area contributed by atoms with Crippen LogP contribution in [-0.4, -0.2) is 15.7 Å². The van der Waals surface area contributed by atoms with Gasteiger partial charge in [-0.05, 0) is 41.9 Å². The number of carbonyl (C=O) groups is 1. The largest absolute Gasteiger partial charge is 0.436 e. The highest BCUT2D eigenvalue weighted by molar-refractivity contribution is 9.10. The van der Waals surface area contributed by atoms with Crippen LogP contribution in [0.1, 0.15) is 24.4 Å². The minimum Gasteiger partial charge on any atom is -0.322 e. The first-order valence-corrected chi connectivity index (χ1v) is 8.15. The van der Waals surface area contributed by atoms with Gasteiger partial charge in [-0.3, -0.25) is 9.48 Å². The predicted molar refractivity (Wildman–Crippen MR) is 89.5 cm³/mol. The van der Waals surface area contributed by atoms with Gasteiger partial charge < -0.3 is 5.32 Å². The minimum absolute atomic E-state index is 0.176. The van der Waals surface area contributed by atoms with E-state index in [0.29, 0.717) is 0 Å². The average Bonchev–Trinajstić information content (AvgIpc) is 2.78. The van der Waals surface area contributed by atoms with E-state index >= 15 is 0 Å². The van der Waals surface area contributed by atoms with Crippen molar-refractivity contribution in [3.8, 4) is 0 Å². The fourth-order valence-corrected chi connectivity index (χ4v) is 2.99. The van der Waals surface area contributed by atoms with E-state index in [1.807, 2.05) is 0 Å². The Morgan fingerprint density at radius 1 is 1.33 bits per heavy atom. The van der Waals surface area contributed by atoms with Gasteiger partial charge in [0.05, 0.1) is 25.9 Å². The highest BCUT2D eigenvalue weighted by atomic mass is 79.9. The second-order valence-corrected chi connectivity index (χ2v) is 6.56. The molecule has 0 aliphatic heterocycles. The van der Waals surface area contributed by atoms with Gasteiger partial charge in [-0.25, -0.2) is 0 Å². The van der Waals surface area contributed by atoms with Crippen LogP contribution in [0.4, 0.5) is 18.9 Å². The maximum absolute atomic E-state index is 12.9. The molecule has 2 aromatic rings. The number of anilines is 1. The van der Waals surface area contributed by atoms with Gasteiger partial charge in [-0.1, -0.05) is 29.3 Å². The molecule has 0 saturated carbocycles. The molecule has 0 aliphatic carbocycles. The average molecular weight is 445 g/mol. The molecule has 130 valence electrons. The Labute approximate surface area is 154 Å². The number of halogens is 6. The van der Waals surface area contributed by atoms with Crippen molar-refractivity contribution in [2.24, 2.45) is 0 Å². The van der Waals surface area contributed by atoms with Crippen molar-refractivity contribution in [1.82, 2.24) is 9.78 Å². The second-order valence-electron chi connectivity index (χ2n) is 4.95. The Morgan fingerprint density at radius 2 is 1.88 bits per heavy atom. The summed E-state index contributed by atoms with van der Waals surface area (Å²) in [5, 5.41) is 6.46. The van der Waals surface area contributed by atoms with E-state index in [-0.39, 0.29) is 25.9 Å². The van der Waals surface area contributed by atoms with Crippen molar-refractivity contribution < 1.29 is 18.0 Å². The molecule has 1 N–H and O–H groups in total. The third kappa shape index (κ3) is 3.70. The number of hydrogen-bond donors (Lipinski definition) is 1. The van der Waals surface area contributed by atoms with Crippen molar-refractivity contribution in [2.75, 3.05) is 5.32 Å². The topological polar surface area (TPSA) is 46.9 Å². The lowest BCUT2D eigenvalue weighted by atomic mass is 10.2. The monoisotopic (exact) mass is 443 g/mol. The van der Waals surface area contributed by atoms with E-state index < -0.39 is 23.8 Å². The predicted octanol–water partition coefficient (Wildman–Crippen LogP) is 5.48. The zero-order chi connectivity index (χ0) is 18.2. The van der Waals surface area contributed by atoms with Gasteiger partial charge in [0, 0.05) is 0 Å². The number of aromatic nitrogens is 2. The molecule has 0 bridgehead atoms. The molecule has 0 fully saturated rings. The van der Waals surface area contributed by atoms with Crippen LogP contribution >= 0.6 is 39.1 Å². The van der Waals surface area contributed by atoms with Crippen LogP contribution in [0.25, 0.3) is 0 Å². The number of para-hydroxylation sites is 1. The summed E-state index contributed by atoms with van der Waals surface area (Å²) < 4.78 is 39.5. The van der Waals surface area contributed by atoms with Gasteiger partial charge in [-0.2, -0.15) is 18.3 Å². The minimum atomic E-state index is -4.63. The summed E-state index contributed by atoms with van der Waals surface area (Å²) in [5.74, 6) is -0.600. The van der Waals surface area contributed by atoms with Crippen molar-refractivity contribution in [3.63, 3.8) is 0 Å². The maximum atomic E-state index is 12.9. The normalized spacial score (nSPS) is 13.0. The summed E-state index contributed by atoms with van der Waals surface area (Å²) in [4.78, 5) is 12.4. The van der Waals surface area contributed by atoms with E-state index in [0.717, 1.165) is 4.68 Å². The smallest absolute Gasteiger partial charge is 0.322 e. The summed E-state index contributed by atoms with van der Waals surface area (Å²) >= 11 is 14.8. The maximum Gasteiger partial charge on any atom is 0.436 e. The van der Waals surface area contributed by atoms with E-state index in [4.69, 9.17) is 23.2 Å².